The molecule has 130 valence electrons. The summed E-state index contributed by atoms with van der Waals surface area (Å²) in [7, 11) is 0. The summed E-state index contributed by atoms with van der Waals surface area (Å²) in [5, 5.41) is 0.689. The molecule has 1 heterocycles. The molecule has 0 unspecified atom stereocenters. The van der Waals surface area contributed by atoms with Gasteiger partial charge in [-0.15, -0.1) is 11.8 Å². The van der Waals surface area contributed by atoms with Crippen LogP contribution in [0.15, 0.2) is 65.1 Å². The summed E-state index contributed by atoms with van der Waals surface area (Å²) in [5.74, 6) is 0.814. The Labute approximate surface area is 158 Å². The number of benzene rings is 2. The molecule has 2 aromatic carbocycles. The van der Waals surface area contributed by atoms with Crippen molar-refractivity contribution < 1.29 is 4.79 Å². The Bertz CT molecular complexity index is 739. The number of thioether (sulfide) groups is 1. The van der Waals surface area contributed by atoms with E-state index in [0.29, 0.717) is 10.8 Å². The number of halogens is 1. The minimum Gasteiger partial charge on any atom is -0.339 e. The smallest absolute Gasteiger partial charge is 0.250 e. The Morgan fingerprint density at radius 2 is 1.80 bits per heavy atom. The van der Waals surface area contributed by atoms with Crippen LogP contribution in [0.5, 0.6) is 0 Å². The Hall–Kier alpha value is -1.71. The first-order valence-electron chi connectivity index (χ1n) is 8.65. The van der Waals surface area contributed by atoms with E-state index in [9.17, 15) is 4.79 Å². The van der Waals surface area contributed by atoms with Gasteiger partial charge in [0.15, 0.2) is 0 Å². The van der Waals surface area contributed by atoms with Gasteiger partial charge in [0.05, 0.1) is 0 Å². The van der Waals surface area contributed by atoms with E-state index in [1.165, 1.54) is 11.3 Å². The lowest BCUT2D eigenvalue weighted by Gasteiger charge is -2.27. The molecule has 3 rings (SSSR count). The van der Waals surface area contributed by atoms with Crippen molar-refractivity contribution in [3.8, 4) is 0 Å². The second-order valence-electron chi connectivity index (χ2n) is 6.18. The predicted octanol–water partition coefficient (Wildman–Crippen LogP) is 5.53. The molecule has 4 heteroatoms. The molecular weight excluding hydrogens is 350 g/mol. The molecule has 1 fully saturated rings. The van der Waals surface area contributed by atoms with Crippen LogP contribution in [0.3, 0.4) is 0 Å². The Morgan fingerprint density at radius 1 is 1.04 bits per heavy atom. The van der Waals surface area contributed by atoms with Gasteiger partial charge in [0.1, 0.15) is 0 Å². The number of likely N-dealkylation sites (tertiary alicyclic amines) is 1. The Kier molecular flexibility index (Phi) is 6.60. The van der Waals surface area contributed by atoms with E-state index in [0.717, 1.165) is 37.1 Å². The van der Waals surface area contributed by atoms with Crippen molar-refractivity contribution in [2.75, 3.05) is 18.8 Å². The highest BCUT2D eigenvalue weighted by molar-refractivity contribution is 7.99. The van der Waals surface area contributed by atoms with Gasteiger partial charge in [-0.3, -0.25) is 4.79 Å². The molecule has 0 radical (unpaired) electrons. The van der Waals surface area contributed by atoms with Crippen LogP contribution in [0, 0.1) is 0 Å². The van der Waals surface area contributed by atoms with Gasteiger partial charge in [0.25, 0.3) is 5.91 Å². The van der Waals surface area contributed by atoms with Crippen LogP contribution in [0.4, 0.5) is 0 Å². The molecule has 0 atom stereocenters. The molecular formula is C21H22ClNOS. The van der Waals surface area contributed by atoms with Gasteiger partial charge < -0.3 is 4.90 Å². The number of hydrogen-bond donors (Lipinski definition) is 0. The van der Waals surface area contributed by atoms with Gasteiger partial charge in [-0.2, -0.15) is 0 Å². The minimum atomic E-state index is 0.156. The summed E-state index contributed by atoms with van der Waals surface area (Å²) in [5.41, 5.74) is 1.81. The molecule has 2 aromatic rings. The third-order valence-electron chi connectivity index (χ3n) is 4.25. The number of carbonyl (C=O) groups excluding carboxylic acids is 1. The molecule has 1 aliphatic heterocycles. The van der Waals surface area contributed by atoms with Crippen LogP contribution in [0.2, 0.25) is 5.02 Å². The maximum atomic E-state index is 13.0. The molecule has 1 aliphatic rings. The summed E-state index contributed by atoms with van der Waals surface area (Å²) in [6.07, 6.45) is 5.40. The fraction of sp³-hybridized carbons (Fsp3) is 0.286. The molecule has 25 heavy (non-hydrogen) atoms. The van der Waals surface area contributed by atoms with E-state index in [4.69, 9.17) is 11.6 Å². The van der Waals surface area contributed by atoms with Crippen LogP contribution in [0.1, 0.15) is 24.8 Å². The molecule has 0 bridgehead atoms. The van der Waals surface area contributed by atoms with Crippen molar-refractivity contribution in [3.63, 3.8) is 0 Å². The van der Waals surface area contributed by atoms with E-state index in [2.05, 4.69) is 12.1 Å². The monoisotopic (exact) mass is 371 g/mol. The standard InChI is InChI=1S/C21H22ClNOS/c22-19-9-7-8-17(15-19)14-18(16-25-20-10-3-1-4-11-20)21(24)23-12-5-2-6-13-23/h1,3-4,7-11,14-15H,2,5-6,12-13,16H2/b18-14+. The molecule has 0 aliphatic carbocycles. The highest BCUT2D eigenvalue weighted by Crippen LogP contribution is 2.24. The molecule has 0 N–H and O–H groups in total. The second kappa shape index (κ2) is 9.12. The first-order valence-corrected chi connectivity index (χ1v) is 10.0. The molecule has 1 amide bonds. The number of amides is 1. The quantitative estimate of drug-likeness (QED) is 0.508. The van der Waals surface area contributed by atoms with Crippen molar-refractivity contribution in [2.45, 2.75) is 24.2 Å². The minimum absolute atomic E-state index is 0.156. The normalized spacial score (nSPS) is 15.2. The van der Waals surface area contributed by atoms with Crippen LogP contribution >= 0.6 is 23.4 Å². The third kappa shape index (κ3) is 5.38. The number of piperidine rings is 1. The average molecular weight is 372 g/mol. The zero-order valence-corrected chi connectivity index (χ0v) is 15.7. The summed E-state index contributed by atoms with van der Waals surface area (Å²) in [6, 6.07) is 17.9. The van der Waals surface area contributed by atoms with Gasteiger partial charge in [0, 0.05) is 34.3 Å². The largest absolute Gasteiger partial charge is 0.339 e. The highest BCUT2D eigenvalue weighted by atomic mass is 35.5. The van der Waals surface area contributed by atoms with Crippen molar-refractivity contribution in [1.29, 1.82) is 0 Å². The van der Waals surface area contributed by atoms with Crippen molar-refractivity contribution in [3.05, 3.63) is 70.8 Å². The number of carbonyl (C=O) groups is 1. The summed E-state index contributed by atoms with van der Waals surface area (Å²) in [6.45, 7) is 1.73. The fourth-order valence-electron chi connectivity index (χ4n) is 2.94. The van der Waals surface area contributed by atoms with E-state index >= 15 is 0 Å². The predicted molar refractivity (Wildman–Crippen MR) is 107 cm³/mol. The zero-order valence-electron chi connectivity index (χ0n) is 14.2. The van der Waals surface area contributed by atoms with Crippen molar-refractivity contribution in [1.82, 2.24) is 4.90 Å². The molecule has 0 aromatic heterocycles. The van der Waals surface area contributed by atoms with Gasteiger partial charge in [-0.05, 0) is 55.2 Å². The Morgan fingerprint density at radius 3 is 2.52 bits per heavy atom. The first kappa shape index (κ1) is 18.1. The summed E-state index contributed by atoms with van der Waals surface area (Å²) < 4.78 is 0. The maximum absolute atomic E-state index is 13.0. The van der Waals surface area contributed by atoms with Crippen LogP contribution in [0.25, 0.3) is 6.08 Å². The highest BCUT2D eigenvalue weighted by Gasteiger charge is 2.20. The Balaban J connectivity index is 1.80. The fourth-order valence-corrected chi connectivity index (χ4v) is 4.02. The van der Waals surface area contributed by atoms with Gasteiger partial charge in [-0.25, -0.2) is 0 Å². The van der Waals surface area contributed by atoms with E-state index in [1.54, 1.807) is 11.8 Å². The van der Waals surface area contributed by atoms with Crippen LogP contribution in [-0.4, -0.2) is 29.6 Å². The first-order chi connectivity index (χ1) is 12.2. The SMILES string of the molecule is O=C(/C(=C/c1cccc(Cl)c1)CSc1ccccc1)N1CCCCC1. The topological polar surface area (TPSA) is 20.3 Å². The molecule has 2 nitrogen and oxygen atoms in total. The van der Waals surface area contributed by atoms with Crippen LogP contribution in [-0.2, 0) is 4.79 Å². The number of rotatable bonds is 5. The lowest BCUT2D eigenvalue weighted by Crippen LogP contribution is -2.37. The van der Waals surface area contributed by atoms with Crippen molar-refractivity contribution >= 4 is 35.3 Å². The van der Waals surface area contributed by atoms with Gasteiger partial charge in [0.2, 0.25) is 0 Å². The van der Waals surface area contributed by atoms with E-state index < -0.39 is 0 Å². The van der Waals surface area contributed by atoms with Crippen molar-refractivity contribution in [2.24, 2.45) is 0 Å². The van der Waals surface area contributed by atoms with E-state index in [-0.39, 0.29) is 5.91 Å². The summed E-state index contributed by atoms with van der Waals surface area (Å²) in [4.78, 5) is 16.2. The lowest BCUT2D eigenvalue weighted by atomic mass is 10.1. The summed E-state index contributed by atoms with van der Waals surface area (Å²) >= 11 is 7.80. The zero-order chi connectivity index (χ0) is 17.5. The van der Waals surface area contributed by atoms with Gasteiger partial charge in [-0.1, -0.05) is 41.9 Å². The third-order valence-corrected chi connectivity index (χ3v) is 5.54. The lowest BCUT2D eigenvalue weighted by molar-refractivity contribution is -0.127. The molecule has 1 saturated heterocycles. The second-order valence-corrected chi connectivity index (χ2v) is 7.66. The number of nitrogens with zero attached hydrogens (tertiary/aromatic N) is 1. The van der Waals surface area contributed by atoms with E-state index in [1.807, 2.05) is 53.4 Å². The maximum Gasteiger partial charge on any atom is 0.250 e. The van der Waals surface area contributed by atoms with Gasteiger partial charge >= 0.3 is 0 Å². The number of hydrogen-bond acceptors (Lipinski definition) is 2. The molecule has 0 spiro atoms. The average Bonchev–Trinajstić information content (AvgIpc) is 2.66. The molecule has 0 saturated carbocycles. The van der Waals surface area contributed by atoms with Crippen LogP contribution < -0.4 is 0 Å².